The van der Waals surface area contributed by atoms with Gasteiger partial charge in [0.15, 0.2) is 5.78 Å². The van der Waals surface area contributed by atoms with Crippen LogP contribution in [0.2, 0.25) is 0 Å². The van der Waals surface area contributed by atoms with Crippen molar-refractivity contribution < 1.29 is 82.7 Å². The van der Waals surface area contributed by atoms with Gasteiger partial charge in [-0.25, -0.2) is 0 Å². The van der Waals surface area contributed by atoms with Crippen molar-refractivity contribution in [1.29, 1.82) is 0 Å². The molecule has 0 aliphatic carbocycles. The van der Waals surface area contributed by atoms with E-state index in [1.165, 1.54) is 6.92 Å². The van der Waals surface area contributed by atoms with E-state index in [0.29, 0.717) is 16.9 Å². The maximum absolute atomic E-state index is 12.3. The number of ketones is 2. The smallest absolute Gasteiger partial charge is 0.313 e. The molecular formula is C26H38O6WY-2. The van der Waals surface area contributed by atoms with Gasteiger partial charge < -0.3 is 29.4 Å². The number of carbonyl (C=O) groups excluding carboxylic acids is 3. The average molecular weight is 719 g/mol. The van der Waals surface area contributed by atoms with Gasteiger partial charge in [0, 0.05) is 64.9 Å². The van der Waals surface area contributed by atoms with Crippen LogP contribution >= 0.6 is 0 Å². The van der Waals surface area contributed by atoms with Gasteiger partial charge >= 0.3 is 5.97 Å². The summed E-state index contributed by atoms with van der Waals surface area (Å²) in [5.74, 6) is -0.593. The summed E-state index contributed by atoms with van der Waals surface area (Å²) in [4.78, 5) is 34.3. The molecular weight excluding hydrogens is 681 g/mol. The number of esters is 1. The average Bonchev–Trinajstić information content (AvgIpc) is 2.79. The van der Waals surface area contributed by atoms with E-state index in [0.717, 1.165) is 0 Å². The Morgan fingerprint density at radius 1 is 0.824 bits per heavy atom. The largest absolute Gasteiger partial charge is 0.491 e. The summed E-state index contributed by atoms with van der Waals surface area (Å²) < 4.78 is 10.2. The van der Waals surface area contributed by atoms with E-state index in [-0.39, 0.29) is 99.8 Å². The van der Waals surface area contributed by atoms with E-state index in [4.69, 9.17) is 9.47 Å². The molecule has 2 aromatic carbocycles. The molecule has 0 spiro atoms. The first-order valence-corrected chi connectivity index (χ1v) is 10.1. The van der Waals surface area contributed by atoms with E-state index >= 15 is 0 Å². The van der Waals surface area contributed by atoms with E-state index in [9.17, 15) is 19.5 Å². The first kappa shape index (κ1) is 42.9. The van der Waals surface area contributed by atoms with Crippen molar-refractivity contribution >= 4 is 17.5 Å². The number of ether oxygens (including phenoxy) is 2. The topological polar surface area (TPSA) is 89.9 Å². The molecule has 0 heterocycles. The van der Waals surface area contributed by atoms with Crippen LogP contribution in [-0.2, 0) is 68.1 Å². The zero-order valence-electron chi connectivity index (χ0n) is 21.4. The molecule has 0 aliphatic heterocycles. The predicted molar refractivity (Wildman–Crippen MR) is 130 cm³/mol. The molecule has 189 valence electrons. The van der Waals surface area contributed by atoms with Gasteiger partial charge in [-0.15, -0.1) is 0 Å². The quantitative estimate of drug-likeness (QED) is 0.168. The maximum Gasteiger partial charge on any atom is 0.313 e. The summed E-state index contributed by atoms with van der Waals surface area (Å²) in [6, 6.07) is 15.5. The Balaban J connectivity index is -0.000000332. The van der Waals surface area contributed by atoms with Gasteiger partial charge in [-0.2, -0.15) is 0 Å². The molecule has 34 heavy (non-hydrogen) atoms. The molecule has 2 rings (SSSR count). The molecule has 8 heteroatoms. The van der Waals surface area contributed by atoms with Crippen LogP contribution in [0.25, 0.3) is 0 Å². The number of rotatable bonds is 9. The molecule has 0 saturated carbocycles. The van der Waals surface area contributed by atoms with Crippen molar-refractivity contribution in [3.63, 3.8) is 0 Å². The van der Waals surface area contributed by atoms with Crippen molar-refractivity contribution in [1.82, 2.24) is 0 Å². The van der Waals surface area contributed by atoms with Crippen molar-refractivity contribution in [2.75, 3.05) is 13.2 Å². The molecule has 0 aliphatic rings. The van der Waals surface area contributed by atoms with Gasteiger partial charge in [-0.3, -0.25) is 14.4 Å². The Morgan fingerprint density at radius 2 is 1.29 bits per heavy atom. The summed E-state index contributed by atoms with van der Waals surface area (Å²) in [5, 5.41) is 9.74. The molecule has 1 unspecified atom stereocenters. The van der Waals surface area contributed by atoms with Crippen LogP contribution in [0.1, 0.15) is 57.0 Å². The van der Waals surface area contributed by atoms with E-state index in [1.807, 2.05) is 33.8 Å². The number of aliphatic hydroxyl groups excluding tert-OH is 1. The number of benzene rings is 2. The molecule has 1 radical (unpaired) electrons. The number of hydrogen-bond donors (Lipinski definition) is 1. The Bertz CT molecular complexity index is 767. The van der Waals surface area contributed by atoms with Crippen LogP contribution in [0.15, 0.2) is 54.6 Å². The third kappa shape index (κ3) is 18.2. The maximum atomic E-state index is 12.3. The predicted octanol–water partition coefficient (Wildman–Crippen LogP) is 5.13. The zero-order chi connectivity index (χ0) is 22.9. The van der Waals surface area contributed by atoms with Crippen LogP contribution in [0, 0.1) is 14.9 Å². The van der Waals surface area contributed by atoms with Gasteiger partial charge in [-0.1, -0.05) is 58.0 Å². The van der Waals surface area contributed by atoms with E-state index < -0.39 is 12.1 Å². The Kier molecular flexibility index (Phi) is 33.3. The second kappa shape index (κ2) is 26.4. The molecule has 2 aromatic rings. The molecule has 0 bridgehead atoms. The minimum absolute atomic E-state index is 0. The Morgan fingerprint density at radius 3 is 1.76 bits per heavy atom. The molecule has 0 amide bonds. The summed E-state index contributed by atoms with van der Waals surface area (Å²) in [5.41, 5.74) is 1.13. The van der Waals surface area contributed by atoms with Gasteiger partial charge in [0.1, 0.15) is 37.3 Å². The molecule has 1 N–H and O–H groups in total. The normalized spacial score (nSPS) is 9.12. The standard InChI is InChI=1S/C20H20O6.2C2H6.2CH3.W.Y/c1-14(21)11-19(23)26-13-17(22)12-25-18-9-7-16(8-10-18)20(24)15-5-3-2-4-6-15;2*1-2;;;;/h2-10,17,22H,11-13H2,1H3;2*1-2H3;2*1H3;;/q;;;2*-1;;. The number of aliphatic hydroxyl groups is 1. The summed E-state index contributed by atoms with van der Waals surface area (Å²) in [6.07, 6.45) is -1.33. The first-order chi connectivity index (χ1) is 14.5. The van der Waals surface area contributed by atoms with Gasteiger partial charge in [0.05, 0.1) is 0 Å². The minimum atomic E-state index is -1.02. The van der Waals surface area contributed by atoms with Crippen LogP contribution < -0.4 is 4.74 Å². The monoisotopic (exact) mass is 719 g/mol. The zero-order valence-corrected chi connectivity index (χ0v) is 27.1. The molecule has 0 saturated heterocycles. The van der Waals surface area contributed by atoms with Crippen molar-refractivity contribution in [2.24, 2.45) is 0 Å². The third-order valence-corrected chi connectivity index (χ3v) is 3.42. The van der Waals surface area contributed by atoms with Crippen molar-refractivity contribution in [3.8, 4) is 5.75 Å². The van der Waals surface area contributed by atoms with Crippen molar-refractivity contribution in [3.05, 3.63) is 80.6 Å². The Hall–Kier alpha value is -1.20. The van der Waals surface area contributed by atoms with Gasteiger partial charge in [0.2, 0.25) is 0 Å². The molecule has 0 fully saturated rings. The second-order valence-electron chi connectivity index (χ2n) is 5.75. The molecule has 0 aromatic heterocycles. The van der Waals surface area contributed by atoms with Crippen LogP contribution in [0.4, 0.5) is 0 Å². The fourth-order valence-corrected chi connectivity index (χ4v) is 2.14. The fraction of sp³-hybridized carbons (Fsp3) is 0.346. The SMILES string of the molecule is CC.CC.CC(=O)CC(=O)OCC(O)COc1ccc(C(=O)c2ccccc2)cc1.[CH3-].[CH3-].[W].[Y]. The molecule has 1 atom stereocenters. The van der Waals surface area contributed by atoms with Gasteiger partial charge in [-0.05, 0) is 31.2 Å². The summed E-state index contributed by atoms with van der Waals surface area (Å²) in [6.45, 7) is 8.95. The summed E-state index contributed by atoms with van der Waals surface area (Å²) >= 11 is 0. The first-order valence-electron chi connectivity index (χ1n) is 10.1. The number of Topliss-reactive ketones (excluding diaryl/α,β-unsaturated/α-hetero) is 1. The van der Waals surface area contributed by atoms with E-state index in [2.05, 4.69) is 0 Å². The number of hydrogen-bond acceptors (Lipinski definition) is 6. The van der Waals surface area contributed by atoms with Crippen LogP contribution in [0.3, 0.4) is 0 Å². The van der Waals surface area contributed by atoms with Crippen molar-refractivity contribution in [2.45, 2.75) is 47.1 Å². The van der Waals surface area contributed by atoms with Crippen LogP contribution in [-0.4, -0.2) is 42.0 Å². The third-order valence-electron chi connectivity index (χ3n) is 3.42. The minimum Gasteiger partial charge on any atom is -0.491 e. The Labute approximate surface area is 245 Å². The van der Waals surface area contributed by atoms with Gasteiger partial charge in [0.25, 0.3) is 0 Å². The summed E-state index contributed by atoms with van der Waals surface area (Å²) in [7, 11) is 0. The molecule has 6 nitrogen and oxygen atoms in total. The number of carbonyl (C=O) groups is 3. The van der Waals surface area contributed by atoms with E-state index in [1.54, 1.807) is 48.5 Å². The fourth-order valence-electron chi connectivity index (χ4n) is 2.14. The second-order valence-corrected chi connectivity index (χ2v) is 5.75. The van der Waals surface area contributed by atoms with Crippen LogP contribution in [0.5, 0.6) is 5.75 Å².